The number of pyridine rings is 1. The van der Waals surface area contributed by atoms with Gasteiger partial charge in [-0.25, -0.2) is 15.0 Å². The molecule has 0 aliphatic heterocycles. The number of hydrogen-bond acceptors (Lipinski definition) is 8. The molecular weight excluding hydrogens is 476 g/mol. The Morgan fingerprint density at radius 3 is 2.88 bits per heavy atom. The maximum Gasteiger partial charge on any atom is 0.280 e. The van der Waals surface area contributed by atoms with Crippen LogP contribution in [-0.2, 0) is 6.42 Å². The molecule has 1 aliphatic rings. The molecule has 3 atom stereocenters. The van der Waals surface area contributed by atoms with Crippen LogP contribution in [0.15, 0.2) is 24.8 Å². The van der Waals surface area contributed by atoms with Gasteiger partial charge in [0.25, 0.3) is 5.91 Å². The lowest BCUT2D eigenvalue weighted by Gasteiger charge is -2.37. The number of fused-ring (bicyclic) bond motifs is 1. The van der Waals surface area contributed by atoms with Crippen LogP contribution in [0.1, 0.15) is 54.8 Å². The van der Waals surface area contributed by atoms with Crippen LogP contribution in [0.3, 0.4) is 0 Å². The Morgan fingerprint density at radius 2 is 2.18 bits per heavy atom. The van der Waals surface area contributed by atoms with Gasteiger partial charge >= 0.3 is 0 Å². The van der Waals surface area contributed by atoms with Gasteiger partial charge in [0.05, 0.1) is 36.1 Å². The number of H-pyrrole nitrogens is 1. The zero-order valence-electron chi connectivity index (χ0n) is 18.8. The molecule has 1 amide bonds. The molecule has 3 N–H and O–H groups in total. The minimum Gasteiger partial charge on any atom is -0.389 e. The van der Waals surface area contributed by atoms with Crippen molar-refractivity contribution < 1.29 is 9.90 Å². The fourth-order valence-electron chi connectivity index (χ4n) is 4.57. The van der Waals surface area contributed by atoms with Crippen LogP contribution in [0.4, 0.5) is 0 Å². The average Bonchev–Trinajstić information content (AvgIpc) is 3.54. The number of imidazole rings is 1. The fraction of sp³-hybridized carbons (Fsp3) is 0.455. The number of thiazole rings is 1. The molecule has 4 aromatic rings. The minimum atomic E-state index is -0.793. The Balaban J connectivity index is 1.50. The van der Waals surface area contributed by atoms with Crippen molar-refractivity contribution in [2.45, 2.75) is 57.7 Å². The van der Waals surface area contributed by atoms with Crippen LogP contribution in [0, 0.1) is 5.92 Å². The number of amides is 1. The van der Waals surface area contributed by atoms with Gasteiger partial charge in [0.2, 0.25) is 0 Å². The molecule has 0 spiro atoms. The third-order valence-corrected chi connectivity index (χ3v) is 7.15. The maximum atomic E-state index is 12.7. The van der Waals surface area contributed by atoms with Crippen LogP contribution < -0.4 is 5.32 Å². The molecule has 0 radical (unpaired) electrons. The van der Waals surface area contributed by atoms with E-state index in [1.54, 1.807) is 6.20 Å². The number of aromatic amines is 1. The van der Waals surface area contributed by atoms with Crippen molar-refractivity contribution in [1.82, 2.24) is 40.0 Å². The quantitative estimate of drug-likeness (QED) is 0.369. The molecule has 4 heterocycles. The molecule has 1 fully saturated rings. The number of carbonyl (C=O) groups excluding carboxylic acids is 1. The molecule has 1 saturated carbocycles. The first-order valence-corrected chi connectivity index (χ1v) is 12.4. The number of aliphatic hydroxyl groups is 1. The van der Waals surface area contributed by atoms with E-state index in [0.717, 1.165) is 47.5 Å². The molecule has 0 bridgehead atoms. The number of aliphatic hydroxyl groups excluding tert-OH is 1. The van der Waals surface area contributed by atoms with Crippen molar-refractivity contribution in [1.29, 1.82) is 0 Å². The van der Waals surface area contributed by atoms with E-state index in [9.17, 15) is 9.90 Å². The Hall–Kier alpha value is -2.89. The SMILES string of the molecule is CC(C)Cc1nc2cnc(-c3ncn[nH]3)cc2n1[C@@H]1CCCC(NC(=O)c2ncc(Cl)s2)[C@H]1O. The standard InChI is InChI=1S/C22H25ClN8O2S/c1-11(2)6-18-28-14-8-24-13(20-26-10-27-30-20)7-16(14)31(18)15-5-3-4-12(19(15)32)29-21(33)22-25-9-17(23)34-22/h7-12,15,19,32H,3-6H2,1-2H3,(H,29,33)(H,26,27,30)/t12?,15-,19-/m1/s1. The number of aromatic nitrogens is 7. The highest BCUT2D eigenvalue weighted by Crippen LogP contribution is 2.35. The summed E-state index contributed by atoms with van der Waals surface area (Å²) in [7, 11) is 0. The van der Waals surface area contributed by atoms with Gasteiger partial charge < -0.3 is 15.0 Å². The summed E-state index contributed by atoms with van der Waals surface area (Å²) in [5, 5.41) is 21.4. The van der Waals surface area contributed by atoms with E-state index in [-0.39, 0.29) is 17.0 Å². The van der Waals surface area contributed by atoms with Gasteiger partial charge in [-0.2, -0.15) is 5.10 Å². The Bertz CT molecular complexity index is 1300. The first-order chi connectivity index (χ1) is 16.4. The van der Waals surface area contributed by atoms with Crippen LogP contribution in [0.5, 0.6) is 0 Å². The molecular formula is C22H25ClN8O2S. The zero-order valence-corrected chi connectivity index (χ0v) is 20.3. The highest BCUT2D eigenvalue weighted by Gasteiger charge is 2.36. The fourth-order valence-corrected chi connectivity index (χ4v) is 5.39. The summed E-state index contributed by atoms with van der Waals surface area (Å²) in [6, 6.07) is 1.27. The summed E-state index contributed by atoms with van der Waals surface area (Å²) < 4.78 is 2.58. The van der Waals surface area contributed by atoms with Gasteiger partial charge in [-0.1, -0.05) is 36.8 Å². The smallest absolute Gasteiger partial charge is 0.280 e. The molecule has 178 valence electrons. The molecule has 1 aliphatic carbocycles. The van der Waals surface area contributed by atoms with Crippen molar-refractivity contribution in [3.8, 4) is 11.5 Å². The lowest BCUT2D eigenvalue weighted by molar-refractivity contribution is 0.0402. The van der Waals surface area contributed by atoms with E-state index in [0.29, 0.717) is 28.2 Å². The van der Waals surface area contributed by atoms with Gasteiger partial charge in [-0.15, -0.1) is 0 Å². The molecule has 34 heavy (non-hydrogen) atoms. The third kappa shape index (κ3) is 4.42. The van der Waals surface area contributed by atoms with Crippen molar-refractivity contribution >= 4 is 39.9 Å². The van der Waals surface area contributed by atoms with E-state index in [1.165, 1.54) is 12.5 Å². The molecule has 4 aromatic heterocycles. The topological polar surface area (TPSA) is 134 Å². The van der Waals surface area contributed by atoms with Crippen molar-refractivity contribution in [2.75, 3.05) is 0 Å². The molecule has 1 unspecified atom stereocenters. The van der Waals surface area contributed by atoms with Gasteiger partial charge in [-0.05, 0) is 31.2 Å². The van der Waals surface area contributed by atoms with Crippen LogP contribution in [-0.4, -0.2) is 57.9 Å². The largest absolute Gasteiger partial charge is 0.389 e. The van der Waals surface area contributed by atoms with Crippen molar-refractivity contribution in [2.24, 2.45) is 5.92 Å². The normalized spacial score (nSPS) is 20.8. The van der Waals surface area contributed by atoms with Gasteiger partial charge in [0.1, 0.15) is 27.7 Å². The Morgan fingerprint density at radius 1 is 1.32 bits per heavy atom. The zero-order chi connectivity index (χ0) is 23.8. The molecule has 0 saturated heterocycles. The van der Waals surface area contributed by atoms with Crippen LogP contribution >= 0.6 is 22.9 Å². The summed E-state index contributed by atoms with van der Waals surface area (Å²) >= 11 is 7.05. The monoisotopic (exact) mass is 500 g/mol. The summed E-state index contributed by atoms with van der Waals surface area (Å²) in [5.41, 5.74) is 2.28. The summed E-state index contributed by atoms with van der Waals surface area (Å²) in [6.45, 7) is 4.28. The lowest BCUT2D eigenvalue weighted by atomic mass is 9.87. The second kappa shape index (κ2) is 9.40. The first kappa shape index (κ1) is 22.9. The second-order valence-corrected chi connectivity index (χ2v) is 10.6. The third-order valence-electron chi connectivity index (χ3n) is 6.04. The Kier molecular flexibility index (Phi) is 6.32. The van der Waals surface area contributed by atoms with Gasteiger partial charge in [0.15, 0.2) is 10.8 Å². The summed E-state index contributed by atoms with van der Waals surface area (Å²) in [4.78, 5) is 30.3. The van der Waals surface area contributed by atoms with E-state index < -0.39 is 12.1 Å². The number of carbonyl (C=O) groups is 1. The molecule has 10 nitrogen and oxygen atoms in total. The van der Waals surface area contributed by atoms with E-state index in [1.807, 2.05) is 6.07 Å². The highest BCUT2D eigenvalue weighted by atomic mass is 35.5. The number of halogens is 1. The predicted octanol–water partition coefficient (Wildman–Crippen LogP) is 3.41. The van der Waals surface area contributed by atoms with Crippen molar-refractivity contribution in [3.63, 3.8) is 0 Å². The summed E-state index contributed by atoms with van der Waals surface area (Å²) in [6.07, 6.45) is 6.89. The lowest BCUT2D eigenvalue weighted by Crippen LogP contribution is -2.49. The second-order valence-electron chi connectivity index (χ2n) is 8.93. The van der Waals surface area contributed by atoms with E-state index in [4.69, 9.17) is 16.6 Å². The number of nitrogens with zero attached hydrogens (tertiary/aromatic N) is 6. The molecule has 5 rings (SSSR count). The summed E-state index contributed by atoms with van der Waals surface area (Å²) in [5.74, 6) is 1.51. The number of nitrogens with one attached hydrogen (secondary N) is 2. The molecule has 12 heteroatoms. The maximum absolute atomic E-state index is 12.7. The highest BCUT2D eigenvalue weighted by molar-refractivity contribution is 7.17. The first-order valence-electron chi connectivity index (χ1n) is 11.2. The number of hydrogen-bond donors (Lipinski definition) is 3. The Labute approximate surface area is 204 Å². The van der Waals surface area contributed by atoms with Crippen molar-refractivity contribution in [3.05, 3.63) is 40.0 Å². The van der Waals surface area contributed by atoms with Gasteiger partial charge in [0, 0.05) is 6.42 Å². The average molecular weight is 501 g/mol. The van der Waals surface area contributed by atoms with E-state index >= 15 is 0 Å². The van der Waals surface area contributed by atoms with Gasteiger partial charge in [-0.3, -0.25) is 14.9 Å². The van der Waals surface area contributed by atoms with E-state index in [2.05, 4.69) is 48.9 Å². The predicted molar refractivity (Wildman–Crippen MR) is 129 cm³/mol. The minimum absolute atomic E-state index is 0.248. The van der Waals surface area contributed by atoms with Crippen LogP contribution in [0.25, 0.3) is 22.6 Å². The van der Waals surface area contributed by atoms with Crippen LogP contribution in [0.2, 0.25) is 4.34 Å². The number of rotatable bonds is 6. The molecule has 0 aromatic carbocycles.